The summed E-state index contributed by atoms with van der Waals surface area (Å²) in [5, 5.41) is 0. The van der Waals surface area contributed by atoms with E-state index in [0.717, 1.165) is 11.5 Å². The van der Waals surface area contributed by atoms with Crippen LogP contribution in [0, 0.1) is 5.92 Å². The highest BCUT2D eigenvalue weighted by Crippen LogP contribution is 2.31. The maximum Gasteiger partial charge on any atom is 0.163 e. The monoisotopic (exact) mass is 230 g/mol. The van der Waals surface area contributed by atoms with Gasteiger partial charge in [0.25, 0.3) is 0 Å². The lowest BCUT2D eigenvalue weighted by molar-refractivity contribution is 0.0990. The normalized spacial score (nSPS) is 23.2. The first-order valence-electron chi connectivity index (χ1n) is 6.80. The van der Waals surface area contributed by atoms with Crippen molar-refractivity contribution < 1.29 is 4.79 Å². The molecule has 0 amide bonds. The molecule has 0 spiro atoms. The fraction of sp³-hybridized carbons (Fsp3) is 0.562. The van der Waals surface area contributed by atoms with Crippen LogP contribution in [0.5, 0.6) is 0 Å². The van der Waals surface area contributed by atoms with E-state index in [2.05, 4.69) is 13.8 Å². The van der Waals surface area contributed by atoms with Gasteiger partial charge < -0.3 is 0 Å². The van der Waals surface area contributed by atoms with Crippen molar-refractivity contribution in [3.05, 3.63) is 35.4 Å². The molecule has 0 radical (unpaired) electrons. The lowest BCUT2D eigenvalue weighted by Crippen LogP contribution is -1.89. The first-order valence-corrected chi connectivity index (χ1v) is 6.80. The van der Waals surface area contributed by atoms with Crippen LogP contribution in [0.1, 0.15) is 67.8 Å². The summed E-state index contributed by atoms with van der Waals surface area (Å²) in [6.45, 7) is 4.44. The van der Waals surface area contributed by atoms with Crippen LogP contribution in [-0.4, -0.2) is 5.78 Å². The summed E-state index contributed by atoms with van der Waals surface area (Å²) in [6.07, 6.45) is 6.64. The molecular formula is C16H22O. The molecule has 2 aliphatic carbocycles. The lowest BCUT2D eigenvalue weighted by atomic mass is 10.0. The van der Waals surface area contributed by atoms with Gasteiger partial charge in [-0.15, -0.1) is 0 Å². The molecule has 1 aromatic carbocycles. The Morgan fingerprint density at radius 1 is 1.06 bits per heavy atom. The molecule has 1 aromatic rings. The molecule has 0 aliphatic heterocycles. The number of hydrogen-bond acceptors (Lipinski definition) is 1. The molecule has 1 heteroatoms. The van der Waals surface area contributed by atoms with Gasteiger partial charge in [-0.3, -0.25) is 4.79 Å². The summed E-state index contributed by atoms with van der Waals surface area (Å²) in [4.78, 5) is 11.3. The minimum absolute atomic E-state index is 0.299. The molecule has 0 saturated heterocycles. The molecule has 17 heavy (non-hydrogen) atoms. The lowest BCUT2D eigenvalue weighted by Gasteiger charge is -1.99. The van der Waals surface area contributed by atoms with Crippen LogP contribution < -0.4 is 0 Å². The topological polar surface area (TPSA) is 17.1 Å². The van der Waals surface area contributed by atoms with Crippen molar-refractivity contribution in [1.29, 1.82) is 0 Å². The highest BCUT2D eigenvalue weighted by atomic mass is 16.1. The Morgan fingerprint density at radius 3 is 2.24 bits per heavy atom. The molecule has 1 nitrogen and oxygen atoms in total. The number of hydrogen-bond donors (Lipinski definition) is 0. The standard InChI is InChI=1S/C10H10O.C6H12/c1-7-6-10(11)9-5-3-2-4-8(7)9;1-6-4-2-3-5-6/h2-5,7H,6H2,1H3;6H,2-5H2,1H3. The molecule has 0 bridgehead atoms. The van der Waals surface area contributed by atoms with E-state index >= 15 is 0 Å². The first-order chi connectivity index (χ1) is 8.18. The largest absolute Gasteiger partial charge is 0.294 e. The number of rotatable bonds is 0. The van der Waals surface area contributed by atoms with Gasteiger partial charge in [0, 0.05) is 12.0 Å². The second-order valence-corrected chi connectivity index (χ2v) is 5.51. The fourth-order valence-electron chi connectivity index (χ4n) is 2.81. The zero-order chi connectivity index (χ0) is 12.3. The summed E-state index contributed by atoms with van der Waals surface area (Å²) in [7, 11) is 0. The Bertz CT molecular complexity index is 388. The van der Waals surface area contributed by atoms with Gasteiger partial charge >= 0.3 is 0 Å². The van der Waals surface area contributed by atoms with E-state index in [1.165, 1.54) is 31.2 Å². The number of benzene rings is 1. The van der Waals surface area contributed by atoms with E-state index in [1.807, 2.05) is 24.3 Å². The zero-order valence-electron chi connectivity index (χ0n) is 10.9. The van der Waals surface area contributed by atoms with Crippen molar-refractivity contribution in [2.24, 2.45) is 5.92 Å². The molecule has 0 aromatic heterocycles. The Labute approximate surface area is 104 Å². The van der Waals surface area contributed by atoms with Crippen LogP contribution in [-0.2, 0) is 0 Å². The zero-order valence-corrected chi connectivity index (χ0v) is 10.9. The van der Waals surface area contributed by atoms with E-state index in [-0.39, 0.29) is 0 Å². The molecule has 92 valence electrons. The van der Waals surface area contributed by atoms with Crippen LogP contribution in [0.2, 0.25) is 0 Å². The molecular weight excluding hydrogens is 208 g/mol. The summed E-state index contributed by atoms with van der Waals surface area (Å²) in [5.41, 5.74) is 2.15. The van der Waals surface area contributed by atoms with Crippen LogP contribution in [0.4, 0.5) is 0 Å². The highest BCUT2D eigenvalue weighted by Gasteiger charge is 2.24. The summed E-state index contributed by atoms with van der Waals surface area (Å²) >= 11 is 0. The van der Waals surface area contributed by atoms with Gasteiger partial charge in [0.05, 0.1) is 0 Å². The third kappa shape index (κ3) is 2.96. The number of fused-ring (bicyclic) bond motifs is 1. The predicted molar refractivity (Wildman–Crippen MR) is 71.4 cm³/mol. The molecule has 1 fully saturated rings. The van der Waals surface area contributed by atoms with Crippen molar-refractivity contribution in [2.75, 3.05) is 0 Å². The Morgan fingerprint density at radius 2 is 1.71 bits per heavy atom. The average molecular weight is 230 g/mol. The third-order valence-corrected chi connectivity index (χ3v) is 3.93. The van der Waals surface area contributed by atoms with Crippen molar-refractivity contribution in [3.63, 3.8) is 0 Å². The van der Waals surface area contributed by atoms with Crippen molar-refractivity contribution in [1.82, 2.24) is 0 Å². The van der Waals surface area contributed by atoms with Crippen LogP contribution in [0.3, 0.4) is 0 Å². The van der Waals surface area contributed by atoms with Gasteiger partial charge in [-0.25, -0.2) is 0 Å². The molecule has 3 rings (SSSR count). The van der Waals surface area contributed by atoms with Gasteiger partial charge in [-0.1, -0.05) is 63.8 Å². The Hall–Kier alpha value is -1.11. The maximum atomic E-state index is 11.3. The molecule has 1 unspecified atom stereocenters. The summed E-state index contributed by atoms with van der Waals surface area (Å²) in [6, 6.07) is 7.88. The Balaban J connectivity index is 0.000000153. The molecule has 2 aliphatic rings. The molecule has 1 saturated carbocycles. The van der Waals surface area contributed by atoms with Gasteiger partial charge in [-0.2, -0.15) is 0 Å². The van der Waals surface area contributed by atoms with Gasteiger partial charge in [0.2, 0.25) is 0 Å². The fourth-order valence-corrected chi connectivity index (χ4v) is 2.81. The summed E-state index contributed by atoms with van der Waals surface area (Å²) < 4.78 is 0. The van der Waals surface area contributed by atoms with E-state index in [1.54, 1.807) is 0 Å². The van der Waals surface area contributed by atoms with Crippen LogP contribution >= 0.6 is 0 Å². The van der Waals surface area contributed by atoms with Gasteiger partial charge in [0.15, 0.2) is 5.78 Å². The van der Waals surface area contributed by atoms with Crippen molar-refractivity contribution in [2.45, 2.75) is 51.9 Å². The van der Waals surface area contributed by atoms with Gasteiger partial charge in [0.1, 0.15) is 0 Å². The SMILES string of the molecule is CC1CC(=O)c2ccccc21.CC1CCCC1. The summed E-state index contributed by atoms with van der Waals surface area (Å²) in [5.74, 6) is 1.77. The second kappa shape index (κ2) is 5.48. The third-order valence-electron chi connectivity index (χ3n) is 3.93. The number of carbonyl (C=O) groups excluding carboxylic acids is 1. The minimum Gasteiger partial charge on any atom is -0.294 e. The molecule has 0 N–H and O–H groups in total. The number of Topliss-reactive ketones (excluding diaryl/α,β-unsaturated/α-hetero) is 1. The van der Waals surface area contributed by atoms with Crippen LogP contribution in [0.15, 0.2) is 24.3 Å². The quantitative estimate of drug-likeness (QED) is 0.638. The van der Waals surface area contributed by atoms with Crippen LogP contribution in [0.25, 0.3) is 0 Å². The van der Waals surface area contributed by atoms with E-state index in [4.69, 9.17) is 0 Å². The molecule has 0 heterocycles. The van der Waals surface area contributed by atoms with E-state index in [0.29, 0.717) is 18.1 Å². The second-order valence-electron chi connectivity index (χ2n) is 5.51. The highest BCUT2D eigenvalue weighted by molar-refractivity contribution is 6.01. The number of carbonyl (C=O) groups is 1. The van der Waals surface area contributed by atoms with Crippen molar-refractivity contribution >= 4 is 5.78 Å². The number of ketones is 1. The Kier molecular flexibility index (Phi) is 3.98. The van der Waals surface area contributed by atoms with E-state index in [9.17, 15) is 4.79 Å². The average Bonchev–Trinajstić information content (AvgIpc) is 2.90. The first kappa shape index (κ1) is 12.3. The van der Waals surface area contributed by atoms with Gasteiger partial charge in [-0.05, 0) is 17.4 Å². The van der Waals surface area contributed by atoms with Crippen molar-refractivity contribution in [3.8, 4) is 0 Å². The minimum atomic E-state index is 0.299. The molecule has 1 atom stereocenters. The predicted octanol–water partition coefficient (Wildman–Crippen LogP) is 4.57. The maximum absolute atomic E-state index is 11.3. The smallest absolute Gasteiger partial charge is 0.163 e. The van der Waals surface area contributed by atoms with E-state index < -0.39 is 0 Å².